The molecule has 2 heterocycles. The van der Waals surface area contributed by atoms with Crippen LogP contribution in [0, 0.1) is 22.0 Å². The van der Waals surface area contributed by atoms with Gasteiger partial charge in [0, 0.05) is 48.3 Å². The number of hydrogen-bond donors (Lipinski definition) is 1. The molecule has 2 aromatic carbocycles. The summed E-state index contributed by atoms with van der Waals surface area (Å²) in [4.78, 5) is 32.4. The molecule has 0 atom stereocenters. The predicted molar refractivity (Wildman–Crippen MR) is 151 cm³/mol. The van der Waals surface area contributed by atoms with Gasteiger partial charge in [-0.15, -0.1) is 10.1 Å². The summed E-state index contributed by atoms with van der Waals surface area (Å²) in [5.41, 5.74) is 5.94. The second kappa shape index (κ2) is 12.7. The number of carbonyl (C=O) groups is 1. The molecule has 0 unspecified atom stereocenters. The highest BCUT2D eigenvalue weighted by molar-refractivity contribution is 7.91. The lowest BCUT2D eigenvalue weighted by molar-refractivity contribution is -0.757. The fourth-order valence-corrected chi connectivity index (χ4v) is 5.79. The van der Waals surface area contributed by atoms with Crippen molar-refractivity contribution in [2.45, 2.75) is 12.8 Å². The van der Waals surface area contributed by atoms with E-state index in [2.05, 4.69) is 27.1 Å². The highest BCUT2D eigenvalue weighted by Crippen LogP contribution is 2.37. The van der Waals surface area contributed by atoms with E-state index in [9.17, 15) is 23.3 Å². The lowest BCUT2D eigenvalue weighted by Gasteiger charge is -2.26. The van der Waals surface area contributed by atoms with Gasteiger partial charge in [0.25, 0.3) is 5.09 Å². The summed E-state index contributed by atoms with van der Waals surface area (Å²) in [5, 5.41) is 11.8. The summed E-state index contributed by atoms with van der Waals surface area (Å²) in [6.07, 6.45) is 0.877. The van der Waals surface area contributed by atoms with Gasteiger partial charge in [-0.3, -0.25) is 10.2 Å². The number of unbranched alkanes of at least 4 members (excludes halogenated alkanes) is 1. The lowest BCUT2D eigenvalue weighted by Crippen LogP contribution is -2.50. The SMILES string of the molecule is Cn1c(C(=O)NN2CCS(=O)(=O)CC2)nc(-c2ccc(Cl)cc2Cl)c1-c1ccc(C#CCCCO[N+](=O)[O-])cc1. The molecule has 1 aliphatic rings. The van der Waals surface area contributed by atoms with Crippen molar-refractivity contribution in [1.82, 2.24) is 20.0 Å². The quantitative estimate of drug-likeness (QED) is 0.177. The summed E-state index contributed by atoms with van der Waals surface area (Å²) in [6, 6.07) is 12.4. The zero-order valence-corrected chi connectivity index (χ0v) is 23.7. The van der Waals surface area contributed by atoms with Crippen LogP contribution in [0.1, 0.15) is 29.0 Å². The lowest BCUT2D eigenvalue weighted by atomic mass is 10.0. The van der Waals surface area contributed by atoms with Gasteiger partial charge in [0.2, 0.25) is 5.82 Å². The van der Waals surface area contributed by atoms with Gasteiger partial charge >= 0.3 is 5.91 Å². The second-order valence-electron chi connectivity index (χ2n) is 8.94. The Morgan fingerprint density at radius 1 is 1.18 bits per heavy atom. The molecule has 14 heteroatoms. The third kappa shape index (κ3) is 7.31. The molecule has 210 valence electrons. The summed E-state index contributed by atoms with van der Waals surface area (Å²) in [7, 11) is -1.39. The number of rotatable bonds is 8. The first-order valence-electron chi connectivity index (χ1n) is 12.2. The van der Waals surface area contributed by atoms with Crippen molar-refractivity contribution < 1.29 is 23.1 Å². The average molecular weight is 606 g/mol. The van der Waals surface area contributed by atoms with Gasteiger partial charge in [0.05, 0.1) is 34.5 Å². The number of halogens is 2. The van der Waals surface area contributed by atoms with Gasteiger partial charge in [0.1, 0.15) is 0 Å². The van der Waals surface area contributed by atoms with Crippen LogP contribution >= 0.6 is 23.2 Å². The van der Waals surface area contributed by atoms with Gasteiger partial charge in [-0.1, -0.05) is 47.2 Å². The average Bonchev–Trinajstić information content (AvgIpc) is 3.24. The van der Waals surface area contributed by atoms with Gasteiger partial charge < -0.3 is 9.40 Å². The molecule has 1 aliphatic heterocycles. The molecule has 40 heavy (non-hydrogen) atoms. The molecule has 4 rings (SSSR count). The molecule has 1 saturated heterocycles. The van der Waals surface area contributed by atoms with Crippen LogP contribution in [0.25, 0.3) is 22.5 Å². The number of nitrogens with one attached hydrogen (secondary N) is 1. The van der Waals surface area contributed by atoms with E-state index in [-0.39, 0.29) is 37.0 Å². The first-order chi connectivity index (χ1) is 19.0. The van der Waals surface area contributed by atoms with Crippen molar-refractivity contribution in [3.8, 4) is 34.4 Å². The molecule has 1 amide bonds. The van der Waals surface area contributed by atoms with E-state index in [4.69, 9.17) is 23.2 Å². The molecular weight excluding hydrogens is 581 g/mol. The van der Waals surface area contributed by atoms with Crippen LogP contribution in [0.4, 0.5) is 0 Å². The maximum Gasteiger partial charge on any atom is 0.301 e. The minimum Gasteiger partial charge on any atom is -0.322 e. The Labute approximate surface area is 241 Å². The number of carbonyl (C=O) groups excluding carboxylic acids is 1. The number of amides is 1. The van der Waals surface area contributed by atoms with Gasteiger partial charge in [0.15, 0.2) is 9.84 Å². The van der Waals surface area contributed by atoms with Crippen molar-refractivity contribution in [3.05, 3.63) is 74.0 Å². The summed E-state index contributed by atoms with van der Waals surface area (Å²) in [6.45, 7) is 0.364. The van der Waals surface area contributed by atoms with Gasteiger partial charge in [-0.05, 0) is 36.8 Å². The van der Waals surface area contributed by atoms with Crippen LogP contribution in [0.2, 0.25) is 10.0 Å². The Hall–Kier alpha value is -3.63. The number of nitrogens with zero attached hydrogens (tertiary/aromatic N) is 4. The molecule has 1 aromatic heterocycles. The molecule has 0 radical (unpaired) electrons. The number of aromatic nitrogens is 2. The number of hydrazine groups is 1. The Bertz CT molecular complexity index is 1580. The highest BCUT2D eigenvalue weighted by atomic mass is 35.5. The van der Waals surface area contributed by atoms with Crippen LogP contribution in [0.15, 0.2) is 42.5 Å². The highest BCUT2D eigenvalue weighted by Gasteiger charge is 2.27. The van der Waals surface area contributed by atoms with Crippen molar-refractivity contribution in [1.29, 1.82) is 0 Å². The second-order valence-corrected chi connectivity index (χ2v) is 12.1. The third-order valence-electron chi connectivity index (χ3n) is 6.12. The third-order valence-corrected chi connectivity index (χ3v) is 8.28. The fourth-order valence-electron chi connectivity index (χ4n) is 4.09. The molecule has 0 spiro atoms. The molecule has 1 N–H and O–H groups in total. The standard InChI is InChI=1S/C26H25Cl2N5O6S/c1-31-24(19-8-6-18(7-9-19)5-3-2-4-14-39-33(35)36)23(21-11-10-20(27)17-22(21)28)29-25(31)26(34)30-32-12-15-40(37,38)16-13-32/h6-11,17H,2,4,12-16H2,1H3,(H,30,34). The predicted octanol–water partition coefficient (Wildman–Crippen LogP) is 3.78. The Kier molecular flexibility index (Phi) is 9.32. The van der Waals surface area contributed by atoms with Crippen LogP contribution in [-0.4, -0.2) is 65.2 Å². The molecule has 1 fully saturated rings. The number of hydrogen-bond acceptors (Lipinski definition) is 8. The van der Waals surface area contributed by atoms with Crippen molar-refractivity contribution in [2.24, 2.45) is 7.05 Å². The smallest absolute Gasteiger partial charge is 0.301 e. The van der Waals surface area contributed by atoms with Crippen LogP contribution in [0.5, 0.6) is 0 Å². The Morgan fingerprint density at radius 3 is 2.52 bits per heavy atom. The van der Waals surface area contributed by atoms with E-state index in [1.54, 1.807) is 34.8 Å². The first-order valence-corrected chi connectivity index (χ1v) is 14.8. The fraction of sp³-hybridized carbons (Fsp3) is 0.308. The van der Waals surface area contributed by atoms with Crippen LogP contribution in [-0.2, 0) is 21.7 Å². The minimum absolute atomic E-state index is 0.0100. The number of benzene rings is 2. The van der Waals surface area contributed by atoms with E-state index >= 15 is 0 Å². The van der Waals surface area contributed by atoms with E-state index < -0.39 is 20.8 Å². The minimum atomic E-state index is -3.10. The van der Waals surface area contributed by atoms with E-state index in [1.807, 2.05) is 24.3 Å². The zero-order chi connectivity index (χ0) is 28.9. The Morgan fingerprint density at radius 2 is 1.88 bits per heavy atom. The summed E-state index contributed by atoms with van der Waals surface area (Å²) >= 11 is 12.6. The molecule has 0 saturated carbocycles. The first kappa shape index (κ1) is 29.4. The van der Waals surface area contributed by atoms with E-state index in [0.717, 1.165) is 11.1 Å². The van der Waals surface area contributed by atoms with Crippen molar-refractivity contribution >= 4 is 38.9 Å². The normalized spacial score (nSPS) is 14.7. The van der Waals surface area contributed by atoms with Crippen molar-refractivity contribution in [3.63, 3.8) is 0 Å². The topological polar surface area (TPSA) is 137 Å². The summed E-state index contributed by atoms with van der Waals surface area (Å²) in [5.74, 6) is 5.54. The maximum atomic E-state index is 13.2. The van der Waals surface area contributed by atoms with Gasteiger partial charge in [-0.2, -0.15) is 0 Å². The maximum absolute atomic E-state index is 13.2. The van der Waals surface area contributed by atoms with Crippen LogP contribution < -0.4 is 5.43 Å². The van der Waals surface area contributed by atoms with E-state index in [1.165, 1.54) is 0 Å². The van der Waals surface area contributed by atoms with Crippen LogP contribution in [0.3, 0.4) is 0 Å². The zero-order valence-electron chi connectivity index (χ0n) is 21.4. The van der Waals surface area contributed by atoms with Crippen molar-refractivity contribution in [2.75, 3.05) is 31.2 Å². The van der Waals surface area contributed by atoms with Gasteiger partial charge in [-0.25, -0.2) is 18.4 Å². The van der Waals surface area contributed by atoms with E-state index in [0.29, 0.717) is 39.8 Å². The molecule has 11 nitrogen and oxygen atoms in total. The Balaban J connectivity index is 1.62. The molecular formula is C26H25Cl2N5O6S. The largest absolute Gasteiger partial charge is 0.322 e. The molecule has 0 bridgehead atoms. The monoisotopic (exact) mass is 605 g/mol. The molecule has 0 aliphatic carbocycles. The molecule has 3 aromatic rings. The number of imidazole rings is 1. The summed E-state index contributed by atoms with van der Waals surface area (Å²) < 4.78 is 25.2. The number of sulfone groups is 1.